The molecule has 0 amide bonds. The highest BCUT2D eigenvalue weighted by Crippen LogP contribution is 2.44. The van der Waals surface area contributed by atoms with Crippen molar-refractivity contribution in [3.05, 3.63) is 46.6 Å². The Morgan fingerprint density at radius 1 is 1.12 bits per heavy atom. The Labute approximate surface area is 153 Å². The first kappa shape index (κ1) is 16.5. The summed E-state index contributed by atoms with van der Waals surface area (Å²) < 4.78 is 0. The summed E-state index contributed by atoms with van der Waals surface area (Å²) in [7, 11) is 0. The van der Waals surface area contributed by atoms with Crippen LogP contribution in [0.4, 0.5) is 11.5 Å². The first-order chi connectivity index (χ1) is 11.9. The molecular weight excluding hydrogens is 326 g/mol. The number of nitrogens with zero attached hydrogens (tertiary/aromatic N) is 2. The number of hydrogen-bond donors (Lipinski definition) is 1. The summed E-state index contributed by atoms with van der Waals surface area (Å²) in [6.45, 7) is 9.19. The normalized spacial score (nSPS) is 17.5. The van der Waals surface area contributed by atoms with Crippen molar-refractivity contribution in [3.63, 3.8) is 0 Å². The van der Waals surface area contributed by atoms with Gasteiger partial charge in [-0.2, -0.15) is 0 Å². The number of hydrogen-bond acceptors (Lipinski definition) is 4. The highest BCUT2D eigenvalue weighted by molar-refractivity contribution is 7.19. The fraction of sp³-hybridized carbons (Fsp3) is 0.429. The lowest BCUT2D eigenvalue weighted by molar-refractivity contribution is 0.218. The van der Waals surface area contributed by atoms with Crippen molar-refractivity contribution in [2.45, 2.75) is 47.0 Å². The van der Waals surface area contributed by atoms with Crippen molar-refractivity contribution in [3.8, 4) is 0 Å². The number of rotatable bonds is 2. The molecular formula is C21H25N3S. The standard InChI is InChI=1S/C21H25N3S/c1-13-5-8-15(9-6-13)24-19-18-16-10-7-14(21(2,3)4)11-17(16)25-20(18)23-12-22-19/h5-6,8-9,12,14H,7,10-11H2,1-4H3,(H,22,23,24). The molecule has 3 nitrogen and oxygen atoms in total. The summed E-state index contributed by atoms with van der Waals surface area (Å²) >= 11 is 1.86. The van der Waals surface area contributed by atoms with Crippen LogP contribution < -0.4 is 5.32 Å². The third kappa shape index (κ3) is 3.15. The molecule has 4 heteroatoms. The van der Waals surface area contributed by atoms with Crippen LogP contribution >= 0.6 is 11.3 Å². The van der Waals surface area contributed by atoms with E-state index < -0.39 is 0 Å². The second-order valence-electron chi connectivity index (χ2n) is 8.20. The van der Waals surface area contributed by atoms with Crippen molar-refractivity contribution in [1.82, 2.24) is 9.97 Å². The lowest BCUT2D eigenvalue weighted by Gasteiger charge is -2.33. The van der Waals surface area contributed by atoms with E-state index in [4.69, 9.17) is 0 Å². The van der Waals surface area contributed by atoms with Crippen LogP contribution in [0.3, 0.4) is 0 Å². The molecule has 0 aliphatic heterocycles. The maximum absolute atomic E-state index is 4.56. The molecule has 0 bridgehead atoms. The minimum atomic E-state index is 0.364. The Hall–Kier alpha value is -1.94. The van der Waals surface area contributed by atoms with E-state index in [1.54, 1.807) is 6.33 Å². The van der Waals surface area contributed by atoms with Gasteiger partial charge in [-0.1, -0.05) is 38.5 Å². The molecule has 0 fully saturated rings. The second kappa shape index (κ2) is 6.10. The Bertz CT molecular complexity index is 903. The smallest absolute Gasteiger partial charge is 0.142 e. The molecule has 0 saturated heterocycles. The summed E-state index contributed by atoms with van der Waals surface area (Å²) in [5.74, 6) is 1.69. The van der Waals surface area contributed by atoms with Crippen molar-refractivity contribution in [1.29, 1.82) is 0 Å². The van der Waals surface area contributed by atoms with Crippen LogP contribution in [0.1, 0.15) is 43.2 Å². The summed E-state index contributed by atoms with van der Waals surface area (Å²) in [5, 5.41) is 4.74. The Kier molecular flexibility index (Phi) is 4.03. The number of benzene rings is 1. The fourth-order valence-electron chi connectivity index (χ4n) is 3.72. The lowest BCUT2D eigenvalue weighted by Crippen LogP contribution is -2.26. The van der Waals surface area contributed by atoms with Crippen LogP contribution in [0.15, 0.2) is 30.6 Å². The van der Waals surface area contributed by atoms with Gasteiger partial charge in [-0.3, -0.25) is 0 Å². The van der Waals surface area contributed by atoms with Gasteiger partial charge in [-0.25, -0.2) is 9.97 Å². The maximum atomic E-state index is 4.56. The highest BCUT2D eigenvalue weighted by atomic mass is 32.1. The maximum Gasteiger partial charge on any atom is 0.142 e. The zero-order chi connectivity index (χ0) is 17.6. The number of nitrogens with one attached hydrogen (secondary N) is 1. The van der Waals surface area contributed by atoms with E-state index in [9.17, 15) is 0 Å². The molecule has 0 spiro atoms. The minimum Gasteiger partial charge on any atom is -0.340 e. The quantitative estimate of drug-likeness (QED) is 0.625. The number of thiophene rings is 1. The highest BCUT2D eigenvalue weighted by Gasteiger charge is 2.31. The summed E-state index contributed by atoms with van der Waals surface area (Å²) in [6, 6.07) is 8.46. The Morgan fingerprint density at radius 2 is 1.88 bits per heavy atom. The van der Waals surface area contributed by atoms with Gasteiger partial charge in [-0.15, -0.1) is 11.3 Å². The van der Waals surface area contributed by atoms with Crippen LogP contribution in [0.2, 0.25) is 0 Å². The summed E-state index contributed by atoms with van der Waals surface area (Å²) in [6.07, 6.45) is 5.24. The monoisotopic (exact) mass is 351 g/mol. The van der Waals surface area contributed by atoms with Gasteiger partial charge >= 0.3 is 0 Å². The topological polar surface area (TPSA) is 37.8 Å². The molecule has 2 aromatic heterocycles. The van der Waals surface area contributed by atoms with Gasteiger partial charge in [0.15, 0.2) is 0 Å². The van der Waals surface area contributed by atoms with Crippen molar-refractivity contribution in [2.24, 2.45) is 11.3 Å². The van der Waals surface area contributed by atoms with Crippen LogP contribution in [0.5, 0.6) is 0 Å². The predicted molar refractivity (Wildman–Crippen MR) is 107 cm³/mol. The van der Waals surface area contributed by atoms with E-state index in [0.29, 0.717) is 5.41 Å². The van der Waals surface area contributed by atoms with Gasteiger partial charge in [0, 0.05) is 10.6 Å². The number of anilines is 2. The van der Waals surface area contributed by atoms with Gasteiger partial charge in [0.1, 0.15) is 17.0 Å². The third-order valence-electron chi connectivity index (χ3n) is 5.38. The van der Waals surface area contributed by atoms with E-state index in [0.717, 1.165) is 28.7 Å². The van der Waals surface area contributed by atoms with E-state index >= 15 is 0 Å². The molecule has 25 heavy (non-hydrogen) atoms. The molecule has 0 saturated carbocycles. The molecule has 1 N–H and O–H groups in total. The van der Waals surface area contributed by atoms with Crippen LogP contribution in [-0.4, -0.2) is 9.97 Å². The summed E-state index contributed by atoms with van der Waals surface area (Å²) in [5.41, 5.74) is 4.17. The second-order valence-corrected chi connectivity index (χ2v) is 9.29. The Balaban J connectivity index is 1.73. The van der Waals surface area contributed by atoms with Crippen molar-refractivity contribution >= 4 is 33.1 Å². The predicted octanol–water partition coefficient (Wildman–Crippen LogP) is 5.89. The third-order valence-corrected chi connectivity index (χ3v) is 6.55. The van der Waals surface area contributed by atoms with E-state index in [-0.39, 0.29) is 0 Å². The molecule has 1 aliphatic carbocycles. The van der Waals surface area contributed by atoms with E-state index in [1.807, 2.05) is 11.3 Å². The molecule has 4 rings (SSSR count). The average Bonchev–Trinajstić information content (AvgIpc) is 2.95. The molecule has 1 aliphatic rings. The lowest BCUT2D eigenvalue weighted by atomic mass is 9.72. The molecule has 2 heterocycles. The molecule has 1 unspecified atom stereocenters. The molecule has 1 aromatic carbocycles. The fourth-order valence-corrected chi connectivity index (χ4v) is 4.98. The SMILES string of the molecule is Cc1ccc(Nc2ncnc3sc4c(c23)CCC(C(C)(C)C)C4)cc1. The van der Waals surface area contributed by atoms with Crippen molar-refractivity contribution < 1.29 is 0 Å². The Morgan fingerprint density at radius 3 is 2.60 bits per heavy atom. The van der Waals surface area contributed by atoms with Crippen LogP contribution in [0, 0.1) is 18.3 Å². The van der Waals surface area contributed by atoms with Gasteiger partial charge in [0.05, 0.1) is 5.39 Å². The summed E-state index contributed by atoms with van der Waals surface area (Å²) in [4.78, 5) is 11.7. The van der Waals surface area contributed by atoms with Crippen LogP contribution in [0.25, 0.3) is 10.2 Å². The molecule has 3 aromatic rings. The van der Waals surface area contributed by atoms with Gasteiger partial charge in [0.2, 0.25) is 0 Å². The van der Waals surface area contributed by atoms with Crippen molar-refractivity contribution in [2.75, 3.05) is 5.32 Å². The van der Waals surface area contributed by atoms with Gasteiger partial charge in [-0.05, 0) is 55.2 Å². The van der Waals surface area contributed by atoms with E-state index in [2.05, 4.69) is 67.2 Å². The number of aryl methyl sites for hydroxylation is 2. The van der Waals surface area contributed by atoms with Gasteiger partial charge in [0.25, 0.3) is 0 Å². The first-order valence-electron chi connectivity index (χ1n) is 9.01. The van der Waals surface area contributed by atoms with E-state index in [1.165, 1.54) is 34.2 Å². The molecule has 1 atom stereocenters. The minimum absolute atomic E-state index is 0.364. The number of fused-ring (bicyclic) bond motifs is 3. The average molecular weight is 352 g/mol. The zero-order valence-electron chi connectivity index (χ0n) is 15.4. The molecule has 130 valence electrons. The van der Waals surface area contributed by atoms with Crippen LogP contribution in [-0.2, 0) is 12.8 Å². The van der Waals surface area contributed by atoms with Gasteiger partial charge < -0.3 is 5.32 Å². The molecule has 0 radical (unpaired) electrons. The first-order valence-corrected chi connectivity index (χ1v) is 9.82. The number of aromatic nitrogens is 2. The largest absolute Gasteiger partial charge is 0.340 e. The zero-order valence-corrected chi connectivity index (χ0v) is 16.2.